The van der Waals surface area contributed by atoms with Crippen molar-refractivity contribution in [3.05, 3.63) is 30.3 Å². The molecule has 3 fully saturated rings. The fourth-order valence-corrected chi connectivity index (χ4v) is 2.43. The van der Waals surface area contributed by atoms with E-state index in [0.29, 0.717) is 12.1 Å². The molecule has 0 saturated carbocycles. The standard InChI is InChI=1S/C12H14NO/c1-2-4-10(5-3-1)13-8-12-7-6-11(13)9-14-12/h1-2,4-5,11-12H,6-9H2. The third kappa shape index (κ3) is 1.30. The summed E-state index contributed by atoms with van der Waals surface area (Å²) in [7, 11) is 0. The van der Waals surface area contributed by atoms with E-state index in [1.165, 1.54) is 18.5 Å². The van der Waals surface area contributed by atoms with Gasteiger partial charge in [-0.25, -0.2) is 0 Å². The number of ether oxygens (including phenoxy) is 1. The van der Waals surface area contributed by atoms with Crippen LogP contribution in [0.5, 0.6) is 0 Å². The van der Waals surface area contributed by atoms with Crippen LogP contribution in [0.1, 0.15) is 12.8 Å². The number of benzene rings is 1. The van der Waals surface area contributed by atoms with E-state index >= 15 is 0 Å². The minimum atomic E-state index is 0.459. The van der Waals surface area contributed by atoms with E-state index in [2.05, 4.69) is 29.2 Å². The molecule has 2 bridgehead atoms. The zero-order valence-electron chi connectivity index (χ0n) is 8.15. The smallest absolute Gasteiger partial charge is 0.0751 e. The number of fused-ring (bicyclic) bond motifs is 3. The monoisotopic (exact) mass is 188 g/mol. The Bertz CT molecular complexity index is 303. The average Bonchev–Trinajstić information content (AvgIpc) is 2.32. The minimum Gasteiger partial charge on any atom is -0.374 e. The maximum atomic E-state index is 5.68. The molecule has 3 saturated heterocycles. The van der Waals surface area contributed by atoms with E-state index in [-0.39, 0.29) is 0 Å². The quantitative estimate of drug-likeness (QED) is 0.667. The Kier molecular flexibility index (Phi) is 1.95. The minimum absolute atomic E-state index is 0.459. The maximum absolute atomic E-state index is 5.68. The highest BCUT2D eigenvalue weighted by Gasteiger charge is 2.34. The van der Waals surface area contributed by atoms with E-state index in [9.17, 15) is 0 Å². The molecule has 4 rings (SSSR count). The lowest BCUT2D eigenvalue weighted by atomic mass is 9.96. The van der Waals surface area contributed by atoms with Gasteiger partial charge in [0.25, 0.3) is 0 Å². The summed E-state index contributed by atoms with van der Waals surface area (Å²) in [5.41, 5.74) is 1.30. The molecule has 2 heteroatoms. The summed E-state index contributed by atoms with van der Waals surface area (Å²) < 4.78 is 5.68. The zero-order valence-corrected chi connectivity index (χ0v) is 8.15. The molecule has 2 atom stereocenters. The van der Waals surface area contributed by atoms with Crippen molar-refractivity contribution in [1.82, 2.24) is 0 Å². The first-order valence-electron chi connectivity index (χ1n) is 5.28. The molecular formula is C12H14NO. The normalized spacial score (nSPS) is 30.7. The summed E-state index contributed by atoms with van der Waals surface area (Å²) >= 11 is 0. The number of rotatable bonds is 1. The molecule has 1 radical (unpaired) electrons. The van der Waals surface area contributed by atoms with Crippen molar-refractivity contribution in [2.75, 3.05) is 18.1 Å². The lowest BCUT2D eigenvalue weighted by molar-refractivity contribution is -0.0225. The van der Waals surface area contributed by atoms with Crippen molar-refractivity contribution >= 4 is 5.69 Å². The van der Waals surface area contributed by atoms with Gasteiger partial charge in [0.15, 0.2) is 0 Å². The molecule has 1 aromatic carbocycles. The van der Waals surface area contributed by atoms with E-state index in [4.69, 9.17) is 4.74 Å². The highest BCUT2D eigenvalue weighted by Crippen LogP contribution is 2.30. The van der Waals surface area contributed by atoms with Crippen LogP contribution < -0.4 is 4.90 Å². The molecule has 2 unspecified atom stereocenters. The number of hydrogen-bond donors (Lipinski definition) is 0. The van der Waals surface area contributed by atoms with Crippen LogP contribution >= 0.6 is 0 Å². The third-order valence-electron chi connectivity index (χ3n) is 3.21. The Hall–Kier alpha value is -1.02. The number of anilines is 1. The highest BCUT2D eigenvalue weighted by molar-refractivity contribution is 5.47. The van der Waals surface area contributed by atoms with Gasteiger partial charge in [0.1, 0.15) is 0 Å². The van der Waals surface area contributed by atoms with Gasteiger partial charge in [-0.1, -0.05) is 12.1 Å². The van der Waals surface area contributed by atoms with Gasteiger partial charge in [0.2, 0.25) is 0 Å². The van der Waals surface area contributed by atoms with Gasteiger partial charge >= 0.3 is 0 Å². The van der Waals surface area contributed by atoms with E-state index in [1.807, 2.05) is 6.07 Å². The van der Waals surface area contributed by atoms with Gasteiger partial charge in [0, 0.05) is 12.2 Å². The Morgan fingerprint density at radius 1 is 1.43 bits per heavy atom. The third-order valence-corrected chi connectivity index (χ3v) is 3.21. The van der Waals surface area contributed by atoms with Crippen molar-refractivity contribution in [1.29, 1.82) is 0 Å². The van der Waals surface area contributed by atoms with Crippen molar-refractivity contribution in [2.24, 2.45) is 0 Å². The molecule has 0 spiro atoms. The molecule has 73 valence electrons. The summed E-state index contributed by atoms with van der Waals surface area (Å²) in [6, 6.07) is 12.0. The summed E-state index contributed by atoms with van der Waals surface area (Å²) in [6.07, 6.45) is 2.97. The lowest BCUT2D eigenvalue weighted by Gasteiger charge is -2.46. The molecular weight excluding hydrogens is 174 g/mol. The summed E-state index contributed by atoms with van der Waals surface area (Å²) in [5, 5.41) is 0. The number of piperidine rings is 1. The predicted molar refractivity (Wildman–Crippen MR) is 55.4 cm³/mol. The first-order valence-corrected chi connectivity index (χ1v) is 5.28. The van der Waals surface area contributed by atoms with Crippen LogP contribution in [0.2, 0.25) is 0 Å². The highest BCUT2D eigenvalue weighted by atomic mass is 16.5. The number of morpholine rings is 1. The van der Waals surface area contributed by atoms with Crippen LogP contribution in [0.4, 0.5) is 5.69 Å². The van der Waals surface area contributed by atoms with Crippen LogP contribution in [-0.4, -0.2) is 25.3 Å². The largest absolute Gasteiger partial charge is 0.374 e. The van der Waals surface area contributed by atoms with Gasteiger partial charge in [0.05, 0.1) is 18.8 Å². The molecule has 3 aliphatic rings. The predicted octanol–water partition coefficient (Wildman–Crippen LogP) is 1.85. The fourth-order valence-electron chi connectivity index (χ4n) is 2.43. The first kappa shape index (κ1) is 8.30. The summed E-state index contributed by atoms with van der Waals surface area (Å²) in [5.74, 6) is 0. The molecule has 0 aliphatic carbocycles. The van der Waals surface area contributed by atoms with Crippen molar-refractivity contribution in [3.8, 4) is 0 Å². The Balaban J connectivity index is 1.86. The van der Waals surface area contributed by atoms with Crippen LogP contribution in [0, 0.1) is 6.07 Å². The second kappa shape index (κ2) is 3.28. The van der Waals surface area contributed by atoms with Crippen molar-refractivity contribution < 1.29 is 4.74 Å². The van der Waals surface area contributed by atoms with Gasteiger partial charge in [-0.2, -0.15) is 0 Å². The van der Waals surface area contributed by atoms with E-state index in [1.54, 1.807) is 0 Å². The van der Waals surface area contributed by atoms with Gasteiger partial charge in [-0.15, -0.1) is 0 Å². The second-order valence-electron chi connectivity index (χ2n) is 4.10. The van der Waals surface area contributed by atoms with Gasteiger partial charge in [-0.3, -0.25) is 0 Å². The molecule has 2 nitrogen and oxygen atoms in total. The zero-order chi connectivity index (χ0) is 9.38. The number of hydrogen-bond acceptors (Lipinski definition) is 2. The first-order chi connectivity index (χ1) is 6.93. The van der Waals surface area contributed by atoms with Crippen molar-refractivity contribution in [3.63, 3.8) is 0 Å². The van der Waals surface area contributed by atoms with Crippen LogP contribution in [0.3, 0.4) is 0 Å². The number of nitrogens with zero attached hydrogens (tertiary/aromatic N) is 1. The molecule has 3 aliphatic heterocycles. The molecule has 1 aromatic rings. The topological polar surface area (TPSA) is 12.5 Å². The van der Waals surface area contributed by atoms with Crippen LogP contribution in [0.15, 0.2) is 24.3 Å². The average molecular weight is 188 g/mol. The van der Waals surface area contributed by atoms with Crippen molar-refractivity contribution in [2.45, 2.75) is 25.0 Å². The second-order valence-corrected chi connectivity index (χ2v) is 4.10. The SMILES string of the molecule is [c]1cccc(N2CC3CCC2CO3)c1. The van der Waals surface area contributed by atoms with Crippen LogP contribution in [-0.2, 0) is 4.74 Å². The maximum Gasteiger partial charge on any atom is 0.0751 e. The summed E-state index contributed by atoms with van der Waals surface area (Å²) in [6.45, 7) is 1.96. The lowest BCUT2D eigenvalue weighted by Crippen LogP contribution is -2.54. The Morgan fingerprint density at radius 2 is 2.43 bits per heavy atom. The molecule has 0 amide bonds. The fraction of sp³-hybridized carbons (Fsp3) is 0.500. The van der Waals surface area contributed by atoms with Crippen LogP contribution in [0.25, 0.3) is 0 Å². The molecule has 0 aromatic heterocycles. The van der Waals surface area contributed by atoms with Gasteiger partial charge < -0.3 is 9.64 Å². The Morgan fingerprint density at radius 3 is 3.00 bits per heavy atom. The van der Waals surface area contributed by atoms with E-state index in [0.717, 1.165) is 13.2 Å². The van der Waals surface area contributed by atoms with E-state index < -0.39 is 0 Å². The van der Waals surface area contributed by atoms with Gasteiger partial charge in [-0.05, 0) is 31.0 Å². The Labute approximate surface area is 84.5 Å². The molecule has 14 heavy (non-hydrogen) atoms. The molecule has 0 N–H and O–H groups in total. The molecule has 3 heterocycles. The summed E-state index contributed by atoms with van der Waals surface area (Å²) in [4.78, 5) is 2.47.